The molecule has 6 nitrogen and oxygen atoms in total. The van der Waals surface area contributed by atoms with E-state index in [1.807, 2.05) is 49.4 Å². The van der Waals surface area contributed by atoms with Gasteiger partial charge < -0.3 is 19.7 Å². The van der Waals surface area contributed by atoms with Crippen LogP contribution in [0.3, 0.4) is 0 Å². The quantitative estimate of drug-likeness (QED) is 0.661. The standard InChI is InChI=1S/C24H22N2O4/c1-3-26-20-11-7-8-12-22(20)30-21-14-13-17(15-19(21)24(26)28)25-23(27)16(2)29-18-9-5-4-6-10-18/h4-16H,3H2,1-2H3,(H,25,27). The van der Waals surface area contributed by atoms with Gasteiger partial charge in [0.1, 0.15) is 11.5 Å². The van der Waals surface area contributed by atoms with Gasteiger partial charge >= 0.3 is 0 Å². The monoisotopic (exact) mass is 402 g/mol. The van der Waals surface area contributed by atoms with Crippen molar-refractivity contribution >= 4 is 23.2 Å². The summed E-state index contributed by atoms with van der Waals surface area (Å²) in [5.74, 6) is 1.20. The molecule has 3 aromatic carbocycles. The van der Waals surface area contributed by atoms with E-state index in [-0.39, 0.29) is 11.8 Å². The maximum Gasteiger partial charge on any atom is 0.265 e. The number of anilines is 2. The van der Waals surface area contributed by atoms with Crippen LogP contribution in [0.4, 0.5) is 11.4 Å². The molecule has 6 heteroatoms. The highest BCUT2D eigenvalue weighted by Crippen LogP contribution is 2.39. The summed E-state index contributed by atoms with van der Waals surface area (Å²) in [5, 5.41) is 2.82. The lowest BCUT2D eigenvalue weighted by atomic mass is 10.1. The van der Waals surface area contributed by atoms with E-state index < -0.39 is 6.10 Å². The van der Waals surface area contributed by atoms with Crippen LogP contribution in [-0.2, 0) is 4.79 Å². The van der Waals surface area contributed by atoms with Crippen LogP contribution in [0.1, 0.15) is 24.2 Å². The summed E-state index contributed by atoms with van der Waals surface area (Å²) in [6, 6.07) is 21.6. The molecule has 1 aliphatic heterocycles. The number of hydrogen-bond donors (Lipinski definition) is 1. The molecule has 0 saturated heterocycles. The third-order valence-corrected chi connectivity index (χ3v) is 4.84. The Morgan fingerprint density at radius 3 is 2.53 bits per heavy atom. The van der Waals surface area contributed by atoms with Gasteiger partial charge in [-0.2, -0.15) is 0 Å². The first-order valence-corrected chi connectivity index (χ1v) is 9.82. The van der Waals surface area contributed by atoms with Gasteiger partial charge in [0.05, 0.1) is 11.3 Å². The lowest BCUT2D eigenvalue weighted by Crippen LogP contribution is -2.31. The molecule has 152 valence electrons. The molecule has 0 aromatic heterocycles. The smallest absolute Gasteiger partial charge is 0.265 e. The fraction of sp³-hybridized carbons (Fsp3) is 0.167. The first-order chi connectivity index (χ1) is 14.6. The van der Waals surface area contributed by atoms with Gasteiger partial charge in [0, 0.05) is 12.2 Å². The van der Waals surface area contributed by atoms with Crippen LogP contribution in [0.25, 0.3) is 0 Å². The number of carbonyl (C=O) groups is 2. The molecule has 1 heterocycles. The molecule has 0 aliphatic carbocycles. The summed E-state index contributed by atoms with van der Waals surface area (Å²) in [5.41, 5.74) is 1.61. The summed E-state index contributed by atoms with van der Waals surface area (Å²) < 4.78 is 11.7. The zero-order valence-corrected chi connectivity index (χ0v) is 16.8. The van der Waals surface area contributed by atoms with Gasteiger partial charge in [0.2, 0.25) is 0 Å². The third-order valence-electron chi connectivity index (χ3n) is 4.84. The van der Waals surface area contributed by atoms with E-state index in [4.69, 9.17) is 9.47 Å². The molecule has 0 radical (unpaired) electrons. The number of nitrogens with one attached hydrogen (secondary N) is 1. The van der Waals surface area contributed by atoms with Crippen molar-refractivity contribution in [1.82, 2.24) is 0 Å². The Balaban J connectivity index is 1.56. The molecule has 1 N–H and O–H groups in total. The van der Waals surface area contributed by atoms with Gasteiger partial charge in [-0.1, -0.05) is 30.3 Å². The minimum absolute atomic E-state index is 0.179. The van der Waals surface area contributed by atoms with Gasteiger partial charge in [-0.3, -0.25) is 9.59 Å². The van der Waals surface area contributed by atoms with E-state index in [1.54, 1.807) is 42.2 Å². The van der Waals surface area contributed by atoms with Crippen LogP contribution in [-0.4, -0.2) is 24.5 Å². The molecule has 0 bridgehead atoms. The van der Waals surface area contributed by atoms with E-state index >= 15 is 0 Å². The van der Waals surface area contributed by atoms with Crippen molar-refractivity contribution in [1.29, 1.82) is 0 Å². The zero-order chi connectivity index (χ0) is 21.1. The van der Waals surface area contributed by atoms with Crippen LogP contribution in [0.2, 0.25) is 0 Å². The van der Waals surface area contributed by atoms with Crippen molar-refractivity contribution in [2.45, 2.75) is 20.0 Å². The fourth-order valence-corrected chi connectivity index (χ4v) is 3.32. The van der Waals surface area contributed by atoms with Gasteiger partial charge in [-0.25, -0.2) is 0 Å². The number of carbonyl (C=O) groups excluding carboxylic acids is 2. The van der Waals surface area contributed by atoms with Crippen molar-refractivity contribution in [3.05, 3.63) is 78.4 Å². The lowest BCUT2D eigenvalue weighted by molar-refractivity contribution is -0.122. The largest absolute Gasteiger partial charge is 0.481 e. The second-order valence-corrected chi connectivity index (χ2v) is 6.89. The predicted octanol–water partition coefficient (Wildman–Crippen LogP) is 4.87. The Bertz CT molecular complexity index is 1080. The number of para-hydroxylation sites is 3. The Kier molecular flexibility index (Phi) is 5.39. The summed E-state index contributed by atoms with van der Waals surface area (Å²) in [7, 11) is 0. The summed E-state index contributed by atoms with van der Waals surface area (Å²) in [6.45, 7) is 4.08. The van der Waals surface area contributed by atoms with Crippen molar-refractivity contribution in [2.75, 3.05) is 16.8 Å². The number of rotatable bonds is 5. The van der Waals surface area contributed by atoms with Crippen LogP contribution in [0, 0.1) is 0 Å². The Hall–Kier alpha value is -3.80. The van der Waals surface area contributed by atoms with Crippen molar-refractivity contribution < 1.29 is 19.1 Å². The highest BCUT2D eigenvalue weighted by Gasteiger charge is 2.27. The second-order valence-electron chi connectivity index (χ2n) is 6.89. The highest BCUT2D eigenvalue weighted by molar-refractivity contribution is 6.10. The highest BCUT2D eigenvalue weighted by atomic mass is 16.5. The molecule has 4 rings (SSSR count). The molecule has 2 amide bonds. The van der Waals surface area contributed by atoms with Crippen LogP contribution in [0.15, 0.2) is 72.8 Å². The zero-order valence-electron chi connectivity index (χ0n) is 16.8. The number of fused-ring (bicyclic) bond motifs is 2. The normalized spacial score (nSPS) is 13.4. The summed E-state index contributed by atoms with van der Waals surface area (Å²) in [6.07, 6.45) is -0.699. The minimum Gasteiger partial charge on any atom is -0.481 e. The second kappa shape index (κ2) is 8.29. The first-order valence-electron chi connectivity index (χ1n) is 9.82. The third kappa shape index (κ3) is 3.85. The van der Waals surface area contributed by atoms with E-state index in [1.165, 1.54) is 0 Å². The molecule has 0 fully saturated rings. The Morgan fingerprint density at radius 2 is 1.77 bits per heavy atom. The molecule has 30 heavy (non-hydrogen) atoms. The number of hydrogen-bond acceptors (Lipinski definition) is 4. The van der Waals surface area contributed by atoms with Crippen molar-refractivity contribution in [3.8, 4) is 17.2 Å². The summed E-state index contributed by atoms with van der Waals surface area (Å²) >= 11 is 0. The summed E-state index contributed by atoms with van der Waals surface area (Å²) in [4.78, 5) is 27.4. The molecule has 1 aliphatic rings. The minimum atomic E-state index is -0.699. The molecule has 1 atom stereocenters. The Labute approximate surface area is 175 Å². The lowest BCUT2D eigenvalue weighted by Gasteiger charge is -2.20. The van der Waals surface area contributed by atoms with E-state index in [9.17, 15) is 9.59 Å². The Morgan fingerprint density at radius 1 is 1.03 bits per heavy atom. The molecule has 0 spiro atoms. The first kappa shape index (κ1) is 19.5. The molecular formula is C24H22N2O4. The van der Waals surface area contributed by atoms with Gasteiger partial charge in [0.15, 0.2) is 11.9 Å². The number of ether oxygens (including phenoxy) is 2. The average molecular weight is 402 g/mol. The number of amides is 2. The maximum absolute atomic E-state index is 13.2. The van der Waals surface area contributed by atoms with E-state index in [2.05, 4.69) is 5.32 Å². The van der Waals surface area contributed by atoms with E-state index in [0.29, 0.717) is 35.0 Å². The number of nitrogens with zero attached hydrogens (tertiary/aromatic N) is 1. The topological polar surface area (TPSA) is 67.9 Å². The molecule has 1 unspecified atom stereocenters. The fourth-order valence-electron chi connectivity index (χ4n) is 3.32. The van der Waals surface area contributed by atoms with Crippen LogP contribution < -0.4 is 19.7 Å². The number of benzene rings is 3. The predicted molar refractivity (Wildman–Crippen MR) is 115 cm³/mol. The van der Waals surface area contributed by atoms with Crippen LogP contribution >= 0.6 is 0 Å². The van der Waals surface area contributed by atoms with Crippen molar-refractivity contribution in [2.24, 2.45) is 0 Å². The van der Waals surface area contributed by atoms with Crippen LogP contribution in [0.5, 0.6) is 17.2 Å². The van der Waals surface area contributed by atoms with Gasteiger partial charge in [-0.15, -0.1) is 0 Å². The SMILES string of the molecule is CCN1C(=O)c2cc(NC(=O)C(C)Oc3ccccc3)ccc2Oc2ccccc21. The molecule has 3 aromatic rings. The van der Waals surface area contributed by atoms with Gasteiger partial charge in [0.25, 0.3) is 11.8 Å². The maximum atomic E-state index is 13.2. The molecule has 0 saturated carbocycles. The van der Waals surface area contributed by atoms with E-state index in [0.717, 1.165) is 5.69 Å². The average Bonchev–Trinajstić information content (AvgIpc) is 2.88. The van der Waals surface area contributed by atoms with Crippen molar-refractivity contribution in [3.63, 3.8) is 0 Å². The molecular weight excluding hydrogens is 380 g/mol. The van der Waals surface area contributed by atoms with Gasteiger partial charge in [-0.05, 0) is 56.3 Å².